The Morgan fingerprint density at radius 2 is 0.889 bits per heavy atom. The van der Waals surface area contributed by atoms with Gasteiger partial charge >= 0.3 is 0 Å². The van der Waals surface area contributed by atoms with Gasteiger partial charge in [-0.15, -0.1) is 0 Å². The fourth-order valence-electron chi connectivity index (χ4n) is 8.59. The lowest BCUT2D eigenvalue weighted by Gasteiger charge is -2.29. The summed E-state index contributed by atoms with van der Waals surface area (Å²) in [6, 6.07) is 72.2. The average Bonchev–Trinajstić information content (AvgIpc) is 3.64. The van der Waals surface area contributed by atoms with E-state index in [4.69, 9.17) is 4.42 Å². The van der Waals surface area contributed by atoms with Crippen LogP contribution in [-0.4, -0.2) is 0 Å². The molecule has 11 aromatic rings. The molecule has 0 aliphatic rings. The van der Waals surface area contributed by atoms with Crippen LogP contribution in [0.5, 0.6) is 0 Å². The maximum atomic E-state index is 6.59. The number of hydrogen-bond donors (Lipinski definition) is 0. The van der Waals surface area contributed by atoms with Gasteiger partial charge in [0, 0.05) is 16.6 Å². The van der Waals surface area contributed by atoms with Crippen molar-refractivity contribution in [2.45, 2.75) is 0 Å². The van der Waals surface area contributed by atoms with Crippen LogP contribution >= 0.6 is 0 Å². The summed E-state index contributed by atoms with van der Waals surface area (Å²) in [5, 5.41) is 12.2. The number of fused-ring (bicyclic) bond motifs is 10. The molecule has 0 aliphatic heterocycles. The molecule has 0 aliphatic carbocycles. The summed E-state index contributed by atoms with van der Waals surface area (Å²) >= 11 is 0. The van der Waals surface area contributed by atoms with Crippen LogP contribution in [0.2, 0.25) is 0 Å². The van der Waals surface area contributed by atoms with Crippen LogP contribution in [-0.2, 0) is 0 Å². The van der Waals surface area contributed by atoms with Gasteiger partial charge in [0.05, 0.1) is 16.8 Å². The first-order valence-electron chi connectivity index (χ1n) is 18.5. The van der Waals surface area contributed by atoms with Gasteiger partial charge in [-0.1, -0.05) is 158 Å². The molecule has 252 valence electrons. The van der Waals surface area contributed by atoms with E-state index < -0.39 is 0 Å². The van der Waals surface area contributed by atoms with E-state index in [9.17, 15) is 0 Å². The molecule has 2 heteroatoms. The maximum absolute atomic E-state index is 6.59. The molecule has 0 unspecified atom stereocenters. The molecule has 0 amide bonds. The van der Waals surface area contributed by atoms with E-state index in [1.54, 1.807) is 0 Å². The van der Waals surface area contributed by atoms with Gasteiger partial charge in [0.15, 0.2) is 0 Å². The fourth-order valence-corrected chi connectivity index (χ4v) is 8.59. The van der Waals surface area contributed by atoms with Gasteiger partial charge in [-0.3, -0.25) is 0 Å². The Hall–Kier alpha value is -7.16. The molecule has 0 N–H and O–H groups in total. The van der Waals surface area contributed by atoms with E-state index in [1.165, 1.54) is 59.8 Å². The highest BCUT2D eigenvalue weighted by Gasteiger charge is 2.23. The molecule has 54 heavy (non-hydrogen) atoms. The van der Waals surface area contributed by atoms with Crippen molar-refractivity contribution in [3.05, 3.63) is 200 Å². The predicted octanol–water partition coefficient (Wildman–Crippen LogP) is 15.0. The molecular formula is C52H33NO. The van der Waals surface area contributed by atoms with Gasteiger partial charge < -0.3 is 9.32 Å². The Bertz CT molecular complexity index is 3200. The summed E-state index contributed by atoms with van der Waals surface area (Å²) < 4.78 is 6.59. The minimum absolute atomic E-state index is 0.868. The number of anilines is 3. The van der Waals surface area contributed by atoms with Gasteiger partial charge in [0.2, 0.25) is 0 Å². The Morgan fingerprint density at radius 1 is 0.315 bits per heavy atom. The van der Waals surface area contributed by atoms with Crippen LogP contribution in [0.25, 0.3) is 87.3 Å². The van der Waals surface area contributed by atoms with E-state index >= 15 is 0 Å². The van der Waals surface area contributed by atoms with Gasteiger partial charge in [-0.25, -0.2) is 0 Å². The average molecular weight is 688 g/mol. The van der Waals surface area contributed by atoms with Crippen LogP contribution in [0.1, 0.15) is 0 Å². The lowest BCUT2D eigenvalue weighted by Crippen LogP contribution is -2.11. The van der Waals surface area contributed by atoms with Crippen LogP contribution in [0.4, 0.5) is 17.1 Å². The summed E-state index contributed by atoms with van der Waals surface area (Å²) in [5.41, 5.74) is 9.72. The predicted molar refractivity (Wildman–Crippen MR) is 229 cm³/mol. The number of hydrogen-bond acceptors (Lipinski definition) is 2. The number of benzene rings is 10. The van der Waals surface area contributed by atoms with Crippen molar-refractivity contribution >= 4 is 82.1 Å². The standard InChI is InChI=1S/C52H33NO/c1-2-13-34(14-3-1)40-18-10-11-22-46(40)53(47-23-12-24-48-52(47)51-42-20-8-5-16-36(42)28-32-49(51)54-48)39-29-25-37(26-30-39)45-33-38-17-6-9-21-43(38)50-41-19-7-4-15-35(41)27-31-44(45)50/h1-33H. The quantitative estimate of drug-likeness (QED) is 0.168. The monoisotopic (exact) mass is 687 g/mol. The Morgan fingerprint density at radius 3 is 1.67 bits per heavy atom. The molecule has 0 atom stereocenters. The molecule has 10 aromatic carbocycles. The van der Waals surface area contributed by atoms with Crippen molar-refractivity contribution in [1.82, 2.24) is 0 Å². The first-order chi connectivity index (χ1) is 26.8. The summed E-state index contributed by atoms with van der Waals surface area (Å²) in [6.45, 7) is 0. The zero-order valence-electron chi connectivity index (χ0n) is 29.4. The van der Waals surface area contributed by atoms with Crippen molar-refractivity contribution in [3.8, 4) is 22.3 Å². The number of nitrogens with zero attached hydrogens (tertiary/aromatic N) is 1. The summed E-state index contributed by atoms with van der Waals surface area (Å²) in [6.07, 6.45) is 0. The van der Waals surface area contributed by atoms with Crippen molar-refractivity contribution in [2.24, 2.45) is 0 Å². The lowest BCUT2D eigenvalue weighted by molar-refractivity contribution is 0.669. The zero-order valence-corrected chi connectivity index (χ0v) is 29.4. The Balaban J connectivity index is 1.16. The molecule has 11 rings (SSSR count). The highest BCUT2D eigenvalue weighted by molar-refractivity contribution is 6.25. The largest absolute Gasteiger partial charge is 0.456 e. The third-order valence-electron chi connectivity index (χ3n) is 11.0. The summed E-state index contributed by atoms with van der Waals surface area (Å²) in [7, 11) is 0. The highest BCUT2D eigenvalue weighted by atomic mass is 16.3. The fraction of sp³-hybridized carbons (Fsp3) is 0. The molecule has 0 bridgehead atoms. The van der Waals surface area contributed by atoms with Crippen molar-refractivity contribution in [2.75, 3.05) is 4.90 Å². The topological polar surface area (TPSA) is 16.4 Å². The minimum Gasteiger partial charge on any atom is -0.456 e. The Kier molecular flexibility index (Phi) is 6.90. The maximum Gasteiger partial charge on any atom is 0.137 e. The third-order valence-corrected chi connectivity index (χ3v) is 11.0. The minimum atomic E-state index is 0.868. The van der Waals surface area contributed by atoms with Crippen LogP contribution in [0.15, 0.2) is 205 Å². The molecule has 0 fully saturated rings. The molecule has 1 aromatic heterocycles. The number of rotatable bonds is 5. The lowest BCUT2D eigenvalue weighted by atomic mass is 9.90. The van der Waals surface area contributed by atoms with E-state index in [0.717, 1.165) is 44.6 Å². The highest BCUT2D eigenvalue weighted by Crippen LogP contribution is 2.48. The number of furan rings is 1. The molecule has 0 radical (unpaired) electrons. The van der Waals surface area contributed by atoms with Gasteiger partial charge in [-0.05, 0) is 102 Å². The number of para-hydroxylation sites is 1. The van der Waals surface area contributed by atoms with E-state index in [-0.39, 0.29) is 0 Å². The normalized spacial score (nSPS) is 11.7. The molecule has 0 saturated carbocycles. The molecule has 0 saturated heterocycles. The molecular weight excluding hydrogens is 655 g/mol. The first kappa shape index (κ1) is 30.5. The summed E-state index contributed by atoms with van der Waals surface area (Å²) in [5.74, 6) is 0. The third kappa shape index (κ3) is 4.74. The van der Waals surface area contributed by atoms with Gasteiger partial charge in [0.1, 0.15) is 11.2 Å². The van der Waals surface area contributed by atoms with E-state index in [2.05, 4.69) is 205 Å². The second kappa shape index (κ2) is 12.2. The van der Waals surface area contributed by atoms with Crippen LogP contribution in [0.3, 0.4) is 0 Å². The molecule has 1 heterocycles. The van der Waals surface area contributed by atoms with Crippen molar-refractivity contribution < 1.29 is 4.42 Å². The van der Waals surface area contributed by atoms with Gasteiger partial charge in [-0.2, -0.15) is 0 Å². The van der Waals surface area contributed by atoms with E-state index in [1.807, 2.05) is 0 Å². The van der Waals surface area contributed by atoms with Crippen molar-refractivity contribution in [1.29, 1.82) is 0 Å². The second-order valence-corrected chi connectivity index (χ2v) is 14.0. The molecule has 0 spiro atoms. The molecule has 2 nitrogen and oxygen atoms in total. The Labute approximate surface area is 312 Å². The van der Waals surface area contributed by atoms with Gasteiger partial charge in [0.25, 0.3) is 0 Å². The van der Waals surface area contributed by atoms with Crippen LogP contribution in [0, 0.1) is 0 Å². The summed E-state index contributed by atoms with van der Waals surface area (Å²) in [4.78, 5) is 2.41. The zero-order chi connectivity index (χ0) is 35.6. The van der Waals surface area contributed by atoms with E-state index in [0.29, 0.717) is 0 Å². The SMILES string of the molecule is c1ccc(-c2ccccc2N(c2ccc(-c3cc4ccccc4c4c3ccc3ccccc34)cc2)c2cccc3oc4ccc5ccccc5c4c23)cc1. The smallest absolute Gasteiger partial charge is 0.137 e. The van der Waals surface area contributed by atoms with Crippen molar-refractivity contribution in [3.63, 3.8) is 0 Å². The second-order valence-electron chi connectivity index (χ2n) is 14.0. The van der Waals surface area contributed by atoms with Crippen LogP contribution < -0.4 is 4.90 Å². The first-order valence-corrected chi connectivity index (χ1v) is 18.5.